The fourth-order valence-electron chi connectivity index (χ4n) is 2.40. The number of carbonyl (C=O) groups is 2. The van der Waals surface area contributed by atoms with Gasteiger partial charge in [-0.3, -0.25) is 14.9 Å². The van der Waals surface area contributed by atoms with E-state index in [2.05, 4.69) is 0 Å². The molecule has 1 atom stereocenters. The Balaban J connectivity index is 1.70. The molecule has 0 fully saturated rings. The average Bonchev–Trinajstić information content (AvgIpc) is 2.83. The van der Waals surface area contributed by atoms with Gasteiger partial charge in [0.05, 0.1) is 16.9 Å². The van der Waals surface area contributed by atoms with Crippen LogP contribution in [0.3, 0.4) is 0 Å². The molecule has 0 bridgehead atoms. The van der Waals surface area contributed by atoms with E-state index in [1.807, 2.05) is 0 Å². The average molecular weight is 348 g/mol. The van der Waals surface area contributed by atoms with Crippen molar-refractivity contribution < 1.29 is 24.0 Å². The lowest BCUT2D eigenvalue weighted by molar-refractivity contribution is -0.384. The van der Waals surface area contributed by atoms with Crippen LogP contribution in [-0.2, 0) is 9.53 Å². The minimum absolute atomic E-state index is 0.0770. The SMILES string of the molecule is O=C(CC1OC(=O)c2ccccc21)Oc1ccc([N+](=O)[O-])c(Cl)c1. The molecule has 1 aliphatic rings. The lowest BCUT2D eigenvalue weighted by Gasteiger charge is -2.10. The summed E-state index contributed by atoms with van der Waals surface area (Å²) in [6.07, 6.45) is -0.883. The Morgan fingerprint density at radius 1 is 1.29 bits per heavy atom. The molecule has 0 radical (unpaired) electrons. The van der Waals surface area contributed by atoms with Gasteiger partial charge < -0.3 is 9.47 Å². The van der Waals surface area contributed by atoms with Crippen molar-refractivity contribution >= 4 is 29.2 Å². The van der Waals surface area contributed by atoms with Gasteiger partial charge >= 0.3 is 11.9 Å². The molecule has 0 amide bonds. The van der Waals surface area contributed by atoms with Crippen LogP contribution in [0.5, 0.6) is 5.75 Å². The minimum atomic E-state index is -0.713. The smallest absolute Gasteiger partial charge is 0.339 e. The molecule has 0 aliphatic carbocycles. The largest absolute Gasteiger partial charge is 0.453 e. The number of fused-ring (bicyclic) bond motifs is 1. The number of hydrogen-bond donors (Lipinski definition) is 0. The van der Waals surface area contributed by atoms with Crippen molar-refractivity contribution in [2.45, 2.75) is 12.5 Å². The van der Waals surface area contributed by atoms with Gasteiger partial charge in [-0.05, 0) is 12.1 Å². The van der Waals surface area contributed by atoms with E-state index in [1.54, 1.807) is 24.3 Å². The Kier molecular flexibility index (Phi) is 4.18. The van der Waals surface area contributed by atoms with E-state index in [9.17, 15) is 19.7 Å². The van der Waals surface area contributed by atoms with Crippen LogP contribution in [0.15, 0.2) is 42.5 Å². The summed E-state index contributed by atoms with van der Waals surface area (Å²) in [5.41, 5.74) is 0.768. The summed E-state index contributed by atoms with van der Waals surface area (Å²) in [6.45, 7) is 0. The number of esters is 2. The van der Waals surface area contributed by atoms with Gasteiger partial charge in [0, 0.05) is 17.7 Å². The van der Waals surface area contributed by atoms with E-state index in [0.29, 0.717) is 11.1 Å². The number of halogens is 1. The van der Waals surface area contributed by atoms with Crippen molar-refractivity contribution in [3.8, 4) is 5.75 Å². The number of nitro benzene ring substituents is 1. The summed E-state index contributed by atoms with van der Waals surface area (Å²) >= 11 is 5.76. The number of benzene rings is 2. The van der Waals surface area contributed by atoms with Gasteiger partial charge in [-0.25, -0.2) is 4.79 Å². The second-order valence-corrected chi connectivity index (χ2v) is 5.44. The minimum Gasteiger partial charge on any atom is -0.453 e. The molecule has 1 unspecified atom stereocenters. The Morgan fingerprint density at radius 2 is 2.04 bits per heavy atom. The lowest BCUT2D eigenvalue weighted by atomic mass is 10.0. The van der Waals surface area contributed by atoms with Gasteiger partial charge in [-0.2, -0.15) is 0 Å². The van der Waals surface area contributed by atoms with Gasteiger partial charge in [-0.15, -0.1) is 0 Å². The Labute approximate surface area is 140 Å². The van der Waals surface area contributed by atoms with Crippen LogP contribution in [0.2, 0.25) is 5.02 Å². The van der Waals surface area contributed by atoms with Gasteiger partial charge in [0.25, 0.3) is 5.69 Å². The molecular formula is C16H10ClNO6. The fourth-order valence-corrected chi connectivity index (χ4v) is 2.63. The van der Waals surface area contributed by atoms with Crippen LogP contribution in [0.1, 0.15) is 28.4 Å². The van der Waals surface area contributed by atoms with Crippen LogP contribution in [0.4, 0.5) is 5.69 Å². The number of nitro groups is 1. The summed E-state index contributed by atoms with van der Waals surface area (Å²) in [4.78, 5) is 33.8. The number of carbonyl (C=O) groups excluding carboxylic acids is 2. The van der Waals surface area contributed by atoms with Crippen LogP contribution in [0.25, 0.3) is 0 Å². The first kappa shape index (κ1) is 15.9. The molecule has 0 N–H and O–H groups in total. The topological polar surface area (TPSA) is 95.7 Å². The fraction of sp³-hybridized carbons (Fsp3) is 0.125. The third-order valence-corrected chi connectivity index (χ3v) is 3.78. The predicted molar refractivity (Wildman–Crippen MR) is 83.0 cm³/mol. The first-order valence-electron chi connectivity index (χ1n) is 6.90. The van der Waals surface area contributed by atoms with Crippen molar-refractivity contribution in [2.24, 2.45) is 0 Å². The first-order chi connectivity index (χ1) is 11.5. The third kappa shape index (κ3) is 3.07. The van der Waals surface area contributed by atoms with E-state index in [1.165, 1.54) is 12.1 Å². The Morgan fingerprint density at radius 3 is 2.75 bits per heavy atom. The molecule has 7 nitrogen and oxygen atoms in total. The van der Waals surface area contributed by atoms with Crippen LogP contribution < -0.4 is 4.74 Å². The molecule has 0 aromatic heterocycles. The molecule has 1 aliphatic heterocycles. The van der Waals surface area contributed by atoms with Gasteiger partial charge in [0.15, 0.2) is 0 Å². The lowest BCUT2D eigenvalue weighted by Crippen LogP contribution is -2.13. The van der Waals surface area contributed by atoms with Crippen LogP contribution in [0, 0.1) is 10.1 Å². The van der Waals surface area contributed by atoms with E-state index in [-0.39, 0.29) is 22.9 Å². The monoisotopic (exact) mass is 347 g/mol. The summed E-state index contributed by atoms with van der Waals surface area (Å²) in [5.74, 6) is -1.05. The second-order valence-electron chi connectivity index (χ2n) is 5.03. The number of ether oxygens (including phenoxy) is 2. The Hall–Kier alpha value is -2.93. The molecule has 8 heteroatoms. The molecule has 1 heterocycles. The van der Waals surface area contributed by atoms with Crippen molar-refractivity contribution in [2.75, 3.05) is 0 Å². The number of rotatable bonds is 4. The normalized spacial score (nSPS) is 15.5. The maximum atomic E-state index is 12.0. The molecule has 0 spiro atoms. The second kappa shape index (κ2) is 6.29. The van der Waals surface area contributed by atoms with Crippen molar-refractivity contribution in [3.63, 3.8) is 0 Å². The highest BCUT2D eigenvalue weighted by molar-refractivity contribution is 6.32. The zero-order chi connectivity index (χ0) is 17.3. The molecular weight excluding hydrogens is 338 g/mol. The zero-order valence-electron chi connectivity index (χ0n) is 12.1. The molecule has 122 valence electrons. The highest BCUT2D eigenvalue weighted by Crippen LogP contribution is 2.33. The van der Waals surface area contributed by atoms with Crippen molar-refractivity contribution in [3.05, 3.63) is 68.7 Å². The van der Waals surface area contributed by atoms with E-state index in [4.69, 9.17) is 21.1 Å². The third-order valence-electron chi connectivity index (χ3n) is 3.48. The number of nitrogens with zero attached hydrogens (tertiary/aromatic N) is 1. The highest BCUT2D eigenvalue weighted by Gasteiger charge is 2.32. The van der Waals surface area contributed by atoms with E-state index in [0.717, 1.165) is 6.07 Å². The van der Waals surface area contributed by atoms with Gasteiger partial charge in [-0.1, -0.05) is 29.8 Å². The molecule has 2 aromatic carbocycles. The van der Waals surface area contributed by atoms with Crippen LogP contribution >= 0.6 is 11.6 Å². The maximum absolute atomic E-state index is 12.0. The number of cyclic esters (lactones) is 1. The predicted octanol–water partition coefficient (Wildman–Crippen LogP) is 3.46. The molecule has 0 saturated carbocycles. The molecule has 3 rings (SSSR count). The zero-order valence-corrected chi connectivity index (χ0v) is 12.9. The molecule has 2 aromatic rings. The summed E-state index contributed by atoms with van der Waals surface area (Å²) in [7, 11) is 0. The molecule has 24 heavy (non-hydrogen) atoms. The summed E-state index contributed by atoms with van der Waals surface area (Å²) in [5, 5.41) is 10.6. The first-order valence-corrected chi connectivity index (χ1v) is 7.28. The Bertz CT molecular complexity index is 850. The summed E-state index contributed by atoms with van der Waals surface area (Å²) in [6, 6.07) is 10.4. The van der Waals surface area contributed by atoms with Gasteiger partial charge in [0.2, 0.25) is 0 Å². The van der Waals surface area contributed by atoms with Gasteiger partial charge in [0.1, 0.15) is 16.9 Å². The highest BCUT2D eigenvalue weighted by atomic mass is 35.5. The van der Waals surface area contributed by atoms with E-state index < -0.39 is 23.0 Å². The molecule has 0 saturated heterocycles. The summed E-state index contributed by atoms with van der Waals surface area (Å²) < 4.78 is 10.3. The quantitative estimate of drug-likeness (QED) is 0.364. The van der Waals surface area contributed by atoms with Crippen LogP contribution in [-0.4, -0.2) is 16.9 Å². The van der Waals surface area contributed by atoms with Crippen molar-refractivity contribution in [1.29, 1.82) is 0 Å². The van der Waals surface area contributed by atoms with Crippen molar-refractivity contribution in [1.82, 2.24) is 0 Å². The van der Waals surface area contributed by atoms with E-state index >= 15 is 0 Å². The standard InChI is InChI=1S/C16H10ClNO6/c17-12-7-9(5-6-13(12)18(21)22)23-15(19)8-14-10-3-1-2-4-11(10)16(20)24-14/h1-7,14H,8H2. The number of hydrogen-bond acceptors (Lipinski definition) is 6. The maximum Gasteiger partial charge on any atom is 0.339 e.